The molecule has 166 valence electrons. The van der Waals surface area contributed by atoms with Gasteiger partial charge < -0.3 is 29.9 Å². The average Bonchev–Trinajstić information content (AvgIpc) is 2.80. The number of carbonyl (C=O) groups is 2. The molecular formula is C22H30O8. The fourth-order valence-electron chi connectivity index (χ4n) is 8.16. The monoisotopic (exact) mass is 422 g/mol. The molecule has 10 atom stereocenters. The molecule has 2 heterocycles. The number of aliphatic hydroxyl groups is 4. The van der Waals surface area contributed by atoms with Gasteiger partial charge in [-0.1, -0.05) is 13.5 Å². The number of Topliss-reactive ketones (excluding diaryl/α,β-unsaturated/α-hetero) is 1. The lowest BCUT2D eigenvalue weighted by Crippen LogP contribution is -2.86. The normalized spacial score (nSPS) is 56.5. The van der Waals surface area contributed by atoms with E-state index in [1.165, 1.54) is 6.92 Å². The molecule has 30 heavy (non-hydrogen) atoms. The fraction of sp³-hybridized carbons (Fsp3) is 0.818. The summed E-state index contributed by atoms with van der Waals surface area (Å²) in [6, 6.07) is 0. The second-order valence-electron chi connectivity index (χ2n) is 10.4. The molecule has 6 aliphatic rings. The Labute approximate surface area is 174 Å². The van der Waals surface area contributed by atoms with Crippen molar-refractivity contribution in [1.82, 2.24) is 0 Å². The van der Waals surface area contributed by atoms with E-state index < -0.39 is 69.9 Å². The van der Waals surface area contributed by atoms with Gasteiger partial charge in [0.2, 0.25) is 5.79 Å². The molecule has 4 aliphatic carbocycles. The predicted molar refractivity (Wildman–Crippen MR) is 102 cm³/mol. The van der Waals surface area contributed by atoms with Crippen LogP contribution in [0.4, 0.5) is 0 Å². The zero-order valence-corrected chi connectivity index (χ0v) is 17.3. The number of ether oxygens (including phenoxy) is 2. The number of hydrogen-bond acceptors (Lipinski definition) is 8. The van der Waals surface area contributed by atoms with E-state index in [2.05, 4.69) is 6.58 Å². The minimum absolute atomic E-state index is 0.0279. The molecule has 2 aliphatic heterocycles. The third-order valence-electron chi connectivity index (χ3n) is 9.32. The van der Waals surface area contributed by atoms with Gasteiger partial charge in [0, 0.05) is 29.6 Å². The number of rotatable bonds is 2. The number of ketones is 1. The maximum atomic E-state index is 13.5. The average molecular weight is 422 g/mol. The van der Waals surface area contributed by atoms with E-state index in [1.807, 2.05) is 6.92 Å². The Morgan fingerprint density at radius 1 is 1.23 bits per heavy atom. The molecule has 0 aromatic rings. The van der Waals surface area contributed by atoms with E-state index in [1.54, 1.807) is 0 Å². The van der Waals surface area contributed by atoms with Crippen molar-refractivity contribution >= 4 is 11.8 Å². The van der Waals surface area contributed by atoms with Crippen LogP contribution in [0.2, 0.25) is 0 Å². The van der Waals surface area contributed by atoms with E-state index >= 15 is 0 Å². The Morgan fingerprint density at radius 2 is 1.93 bits per heavy atom. The van der Waals surface area contributed by atoms with Gasteiger partial charge in [0.25, 0.3) is 0 Å². The summed E-state index contributed by atoms with van der Waals surface area (Å²) in [4.78, 5) is 25.0. The fourth-order valence-corrected chi connectivity index (χ4v) is 8.16. The predicted octanol–water partition coefficient (Wildman–Crippen LogP) is -0.0812. The number of esters is 1. The van der Waals surface area contributed by atoms with Crippen LogP contribution in [0.5, 0.6) is 0 Å². The first-order valence-corrected chi connectivity index (χ1v) is 10.8. The van der Waals surface area contributed by atoms with Gasteiger partial charge in [-0.2, -0.15) is 0 Å². The molecule has 2 saturated heterocycles. The number of hydrogen-bond donors (Lipinski definition) is 4. The van der Waals surface area contributed by atoms with Gasteiger partial charge in [0.1, 0.15) is 11.5 Å². The molecule has 8 nitrogen and oxygen atoms in total. The molecular weight excluding hydrogens is 392 g/mol. The van der Waals surface area contributed by atoms with Gasteiger partial charge in [0.05, 0.1) is 25.4 Å². The van der Waals surface area contributed by atoms with Gasteiger partial charge in [-0.25, -0.2) is 0 Å². The topological polar surface area (TPSA) is 134 Å². The summed E-state index contributed by atoms with van der Waals surface area (Å²) in [5.74, 6) is -4.96. The van der Waals surface area contributed by atoms with Crippen LogP contribution in [0.25, 0.3) is 0 Å². The number of fused-ring (bicyclic) bond motifs is 2. The highest BCUT2D eigenvalue weighted by atomic mass is 16.6. The number of carbonyl (C=O) groups excluding carboxylic acids is 2. The van der Waals surface area contributed by atoms with Gasteiger partial charge in [-0.15, -0.1) is 0 Å². The third kappa shape index (κ3) is 1.92. The van der Waals surface area contributed by atoms with Gasteiger partial charge in [0.15, 0.2) is 5.78 Å². The zero-order valence-electron chi connectivity index (χ0n) is 17.3. The van der Waals surface area contributed by atoms with Crippen molar-refractivity contribution < 1.29 is 39.5 Å². The Morgan fingerprint density at radius 3 is 2.60 bits per heavy atom. The van der Waals surface area contributed by atoms with Crippen molar-refractivity contribution in [3.05, 3.63) is 12.2 Å². The summed E-state index contributed by atoms with van der Waals surface area (Å²) in [6.45, 7) is 7.06. The molecule has 4 N–H and O–H groups in total. The Kier molecular flexibility index (Phi) is 4.06. The van der Waals surface area contributed by atoms with Crippen LogP contribution in [0.15, 0.2) is 12.2 Å². The van der Waals surface area contributed by atoms with Crippen molar-refractivity contribution in [3.8, 4) is 0 Å². The molecule has 4 saturated carbocycles. The smallest absolute Gasteiger partial charge is 0.302 e. The second-order valence-corrected chi connectivity index (χ2v) is 10.4. The largest absolute Gasteiger partial charge is 0.465 e. The van der Waals surface area contributed by atoms with E-state index in [4.69, 9.17) is 9.47 Å². The van der Waals surface area contributed by atoms with Crippen LogP contribution in [0.1, 0.15) is 39.5 Å². The zero-order chi connectivity index (χ0) is 21.9. The van der Waals surface area contributed by atoms with Gasteiger partial charge in [-0.3, -0.25) is 9.59 Å². The van der Waals surface area contributed by atoms with Crippen LogP contribution < -0.4 is 0 Å². The van der Waals surface area contributed by atoms with Crippen molar-refractivity contribution in [3.63, 3.8) is 0 Å². The standard InChI is InChI=1S/C22H30O8/c1-10-12-4-5-13-20-9-30-22(28,21(13,16(10)25)17(12)26)18(27)15(20)19(3,7-6-14(20)24)8-29-11(2)23/h12-15,17-18,24,26-28H,1,4-9H2,2-3H3/t12?,13-,14+,15-,17+,18-,19-,20-,21?,22?/m0/s1. The lowest BCUT2D eigenvalue weighted by Gasteiger charge is -2.74. The van der Waals surface area contributed by atoms with Crippen LogP contribution in [-0.2, 0) is 19.1 Å². The summed E-state index contributed by atoms with van der Waals surface area (Å²) < 4.78 is 11.1. The highest BCUT2D eigenvalue weighted by Gasteiger charge is 2.87. The summed E-state index contributed by atoms with van der Waals surface area (Å²) in [5, 5.41) is 45.8. The van der Waals surface area contributed by atoms with Crippen molar-refractivity contribution in [2.45, 2.75) is 63.6 Å². The number of aliphatic hydroxyl groups excluding tert-OH is 3. The Hall–Kier alpha value is -1.32. The second kappa shape index (κ2) is 5.92. The van der Waals surface area contributed by atoms with E-state index in [0.29, 0.717) is 25.7 Å². The van der Waals surface area contributed by atoms with Gasteiger partial charge >= 0.3 is 5.97 Å². The first kappa shape index (κ1) is 20.6. The minimum Gasteiger partial charge on any atom is -0.465 e. The van der Waals surface area contributed by atoms with Crippen molar-refractivity contribution in [2.24, 2.45) is 34.0 Å². The summed E-state index contributed by atoms with van der Waals surface area (Å²) in [6.07, 6.45) is -1.78. The molecule has 0 radical (unpaired) electrons. The van der Waals surface area contributed by atoms with Crippen LogP contribution >= 0.6 is 0 Å². The summed E-state index contributed by atoms with van der Waals surface area (Å²) >= 11 is 0. The van der Waals surface area contributed by atoms with Crippen LogP contribution in [0.3, 0.4) is 0 Å². The van der Waals surface area contributed by atoms with E-state index in [9.17, 15) is 30.0 Å². The summed E-state index contributed by atoms with van der Waals surface area (Å²) in [5.41, 5.74) is -3.28. The van der Waals surface area contributed by atoms with Gasteiger partial charge in [-0.05, 0) is 37.2 Å². The molecule has 6 rings (SSSR count). The molecule has 2 spiro atoms. The molecule has 0 aromatic heterocycles. The van der Waals surface area contributed by atoms with Crippen LogP contribution in [0, 0.1) is 34.0 Å². The Bertz CT molecular complexity index is 841. The molecule has 3 unspecified atom stereocenters. The van der Waals surface area contributed by atoms with E-state index in [0.717, 1.165) is 0 Å². The third-order valence-corrected chi connectivity index (χ3v) is 9.32. The maximum absolute atomic E-state index is 13.5. The minimum atomic E-state index is -2.30. The SMILES string of the molecule is C=C1C(=O)C23[C@H](O)C1CC[C@H]2[C@]12COC3(O)[C@@H](O)[C@H]1[C@](C)(COC(C)=O)CC[C@H]2O. The highest BCUT2D eigenvalue weighted by molar-refractivity contribution is 6.05. The van der Waals surface area contributed by atoms with Crippen LogP contribution in [-0.4, -0.2) is 69.5 Å². The molecule has 8 heteroatoms. The molecule has 6 fully saturated rings. The molecule has 0 aromatic carbocycles. The van der Waals surface area contributed by atoms with Crippen molar-refractivity contribution in [2.75, 3.05) is 13.2 Å². The summed E-state index contributed by atoms with van der Waals surface area (Å²) in [7, 11) is 0. The maximum Gasteiger partial charge on any atom is 0.302 e. The first-order valence-electron chi connectivity index (χ1n) is 10.8. The lowest BCUT2D eigenvalue weighted by atomic mass is 9.35. The van der Waals surface area contributed by atoms with E-state index in [-0.39, 0.29) is 18.8 Å². The quantitative estimate of drug-likeness (QED) is 0.359. The lowest BCUT2D eigenvalue weighted by molar-refractivity contribution is -0.459. The molecule has 0 amide bonds. The highest BCUT2D eigenvalue weighted by Crippen LogP contribution is 2.76. The Balaban J connectivity index is 1.71. The molecule has 4 bridgehead atoms. The first-order chi connectivity index (χ1) is 14.0. The van der Waals surface area contributed by atoms with Crippen molar-refractivity contribution in [1.29, 1.82) is 0 Å².